The number of rotatable bonds is 9. The van der Waals surface area contributed by atoms with Crippen molar-refractivity contribution in [2.45, 2.75) is 20.5 Å². The lowest BCUT2D eigenvalue weighted by atomic mass is 10.1. The third kappa shape index (κ3) is 6.92. The van der Waals surface area contributed by atoms with E-state index >= 15 is 0 Å². The quantitative estimate of drug-likeness (QED) is 0.320. The van der Waals surface area contributed by atoms with E-state index in [9.17, 15) is 14.4 Å². The van der Waals surface area contributed by atoms with E-state index < -0.39 is 11.1 Å². The van der Waals surface area contributed by atoms with Gasteiger partial charge in [0.25, 0.3) is 11.1 Å². The number of para-hydroxylation sites is 1. The molecule has 2 fully saturated rings. The molecule has 2 aliphatic heterocycles. The smallest absolute Gasteiger partial charge is 0.294 e. The Bertz CT molecular complexity index is 1450. The number of carbonyl (C=O) groups is 3. The Balaban J connectivity index is 1.21. The van der Waals surface area contributed by atoms with Gasteiger partial charge in [-0.3, -0.25) is 19.3 Å². The van der Waals surface area contributed by atoms with Crippen molar-refractivity contribution in [3.8, 4) is 11.5 Å². The number of amides is 3. The number of piperazine rings is 1. The number of aryl methyl sites for hydroxylation is 1. The van der Waals surface area contributed by atoms with Gasteiger partial charge in [-0.2, -0.15) is 0 Å². The van der Waals surface area contributed by atoms with Crippen LogP contribution in [0.25, 0.3) is 6.08 Å². The monoisotopic (exact) mass is 571 g/mol. The van der Waals surface area contributed by atoms with Crippen LogP contribution in [0.1, 0.15) is 23.6 Å². The van der Waals surface area contributed by atoms with Crippen LogP contribution in [0.2, 0.25) is 0 Å². The zero-order valence-corrected chi connectivity index (χ0v) is 24.1. The van der Waals surface area contributed by atoms with Crippen molar-refractivity contribution in [2.75, 3.05) is 44.2 Å². The molecule has 0 N–H and O–H groups in total. The minimum absolute atomic E-state index is 0.227. The highest BCUT2D eigenvalue weighted by atomic mass is 32.2. The van der Waals surface area contributed by atoms with Gasteiger partial charge in [0.1, 0.15) is 13.2 Å². The second kappa shape index (κ2) is 13.0. The molecule has 0 bridgehead atoms. The molecule has 8 nitrogen and oxygen atoms in total. The first-order valence-corrected chi connectivity index (χ1v) is 14.5. The van der Waals surface area contributed by atoms with Crippen LogP contribution in [-0.4, -0.2) is 66.2 Å². The van der Waals surface area contributed by atoms with Gasteiger partial charge < -0.3 is 19.3 Å². The summed E-state index contributed by atoms with van der Waals surface area (Å²) in [7, 11) is 0. The molecule has 0 aromatic heterocycles. The Morgan fingerprint density at radius 2 is 1.68 bits per heavy atom. The molecule has 0 aliphatic carbocycles. The molecule has 212 valence electrons. The maximum absolute atomic E-state index is 13.1. The first kappa shape index (κ1) is 28.3. The average Bonchev–Trinajstić information content (AvgIpc) is 3.24. The van der Waals surface area contributed by atoms with E-state index in [1.165, 1.54) is 0 Å². The SMILES string of the molecule is CCOc1cc(/C=C2/SC(=O)N(CC(=O)N3CCN(c4ccccc4)CC3)C2=O)ccc1OCc1cccc(C)c1. The fourth-order valence-electron chi connectivity index (χ4n) is 4.84. The van der Waals surface area contributed by atoms with Gasteiger partial charge in [0.2, 0.25) is 5.91 Å². The van der Waals surface area contributed by atoms with Gasteiger partial charge >= 0.3 is 0 Å². The van der Waals surface area contributed by atoms with Crippen LogP contribution in [0.15, 0.2) is 77.7 Å². The highest BCUT2D eigenvalue weighted by Crippen LogP contribution is 2.35. The summed E-state index contributed by atoms with van der Waals surface area (Å²) in [6.45, 7) is 6.99. The number of imide groups is 1. The number of hydrogen-bond donors (Lipinski definition) is 0. The fourth-order valence-corrected chi connectivity index (χ4v) is 5.68. The zero-order chi connectivity index (χ0) is 28.8. The van der Waals surface area contributed by atoms with Gasteiger partial charge in [-0.05, 0) is 67.1 Å². The standard InChI is InChI=1S/C32H33N3O5S/c1-3-39-28-19-24(12-13-27(28)40-22-25-9-7-8-23(2)18-25)20-29-31(37)35(32(38)41-29)21-30(36)34-16-14-33(15-17-34)26-10-5-4-6-11-26/h4-13,18-20H,3,14-17,21-22H2,1-2H3/b29-20+. The molecule has 0 saturated carbocycles. The van der Waals surface area contributed by atoms with Gasteiger partial charge in [0.15, 0.2) is 11.5 Å². The first-order chi connectivity index (χ1) is 19.9. The topological polar surface area (TPSA) is 79.4 Å². The van der Waals surface area contributed by atoms with E-state index in [1.54, 1.807) is 23.1 Å². The van der Waals surface area contributed by atoms with E-state index in [-0.39, 0.29) is 17.4 Å². The molecule has 9 heteroatoms. The Morgan fingerprint density at radius 3 is 2.41 bits per heavy atom. The van der Waals surface area contributed by atoms with Gasteiger partial charge in [0.05, 0.1) is 11.5 Å². The molecule has 2 heterocycles. The lowest BCUT2D eigenvalue weighted by Gasteiger charge is -2.36. The van der Waals surface area contributed by atoms with Crippen LogP contribution >= 0.6 is 11.8 Å². The molecule has 0 spiro atoms. The van der Waals surface area contributed by atoms with Gasteiger partial charge in [-0.15, -0.1) is 0 Å². The Morgan fingerprint density at radius 1 is 0.902 bits per heavy atom. The maximum Gasteiger partial charge on any atom is 0.294 e. The molecule has 3 aromatic carbocycles. The van der Waals surface area contributed by atoms with Crippen molar-refractivity contribution in [3.63, 3.8) is 0 Å². The predicted octanol–water partition coefficient (Wildman–Crippen LogP) is 5.36. The molecule has 0 unspecified atom stereocenters. The molecule has 5 rings (SSSR count). The van der Waals surface area contributed by atoms with Crippen molar-refractivity contribution in [3.05, 3.63) is 94.4 Å². The lowest BCUT2D eigenvalue weighted by molar-refractivity contribution is -0.136. The van der Waals surface area contributed by atoms with Crippen LogP contribution in [0, 0.1) is 6.92 Å². The fraction of sp³-hybridized carbons (Fsp3) is 0.281. The number of benzene rings is 3. The maximum atomic E-state index is 13.1. The Kier molecular flexibility index (Phi) is 8.94. The minimum atomic E-state index is -0.464. The molecule has 0 radical (unpaired) electrons. The lowest BCUT2D eigenvalue weighted by Crippen LogP contribution is -2.51. The molecule has 2 aliphatic rings. The summed E-state index contributed by atoms with van der Waals surface area (Å²) in [5, 5.41) is -0.444. The predicted molar refractivity (Wildman–Crippen MR) is 161 cm³/mol. The van der Waals surface area contributed by atoms with Crippen LogP contribution < -0.4 is 14.4 Å². The van der Waals surface area contributed by atoms with Crippen LogP contribution in [0.4, 0.5) is 10.5 Å². The van der Waals surface area contributed by atoms with E-state index in [0.29, 0.717) is 56.5 Å². The Labute approximate surface area is 244 Å². The summed E-state index contributed by atoms with van der Waals surface area (Å²) in [6, 6.07) is 23.6. The summed E-state index contributed by atoms with van der Waals surface area (Å²) >= 11 is 0.843. The molecule has 0 atom stereocenters. The summed E-state index contributed by atoms with van der Waals surface area (Å²) < 4.78 is 11.8. The highest BCUT2D eigenvalue weighted by molar-refractivity contribution is 8.18. The number of hydrogen-bond acceptors (Lipinski definition) is 7. The first-order valence-electron chi connectivity index (χ1n) is 13.7. The number of nitrogens with zero attached hydrogens (tertiary/aromatic N) is 3. The van der Waals surface area contributed by atoms with E-state index in [4.69, 9.17) is 9.47 Å². The van der Waals surface area contributed by atoms with Crippen LogP contribution in [0.3, 0.4) is 0 Å². The summed E-state index contributed by atoms with van der Waals surface area (Å²) in [5.41, 5.74) is 4.03. The summed E-state index contributed by atoms with van der Waals surface area (Å²) in [5.74, 6) is 0.457. The minimum Gasteiger partial charge on any atom is -0.490 e. The highest BCUT2D eigenvalue weighted by Gasteiger charge is 2.37. The van der Waals surface area contributed by atoms with Gasteiger partial charge in [-0.25, -0.2) is 0 Å². The molecular weight excluding hydrogens is 538 g/mol. The molecule has 3 aromatic rings. The zero-order valence-electron chi connectivity index (χ0n) is 23.2. The normalized spacial score (nSPS) is 16.4. The largest absolute Gasteiger partial charge is 0.490 e. The second-order valence-electron chi connectivity index (χ2n) is 9.89. The summed E-state index contributed by atoms with van der Waals surface area (Å²) in [4.78, 5) is 44.1. The third-order valence-electron chi connectivity index (χ3n) is 6.96. The van der Waals surface area contributed by atoms with E-state index in [2.05, 4.69) is 11.0 Å². The van der Waals surface area contributed by atoms with Crippen LogP contribution in [0.5, 0.6) is 11.5 Å². The van der Waals surface area contributed by atoms with Crippen molar-refractivity contribution in [1.29, 1.82) is 0 Å². The molecule has 2 saturated heterocycles. The molecule has 3 amide bonds. The Hall–Kier alpha value is -4.24. The summed E-state index contributed by atoms with van der Waals surface area (Å²) in [6.07, 6.45) is 1.65. The van der Waals surface area contributed by atoms with Crippen LogP contribution in [-0.2, 0) is 16.2 Å². The third-order valence-corrected chi connectivity index (χ3v) is 7.87. The number of thioether (sulfide) groups is 1. The van der Waals surface area contributed by atoms with Gasteiger partial charge in [-0.1, -0.05) is 54.1 Å². The number of carbonyl (C=O) groups excluding carboxylic acids is 3. The van der Waals surface area contributed by atoms with Crippen molar-refractivity contribution in [1.82, 2.24) is 9.80 Å². The second-order valence-corrected chi connectivity index (χ2v) is 10.9. The van der Waals surface area contributed by atoms with Crippen molar-refractivity contribution in [2.24, 2.45) is 0 Å². The van der Waals surface area contributed by atoms with E-state index in [0.717, 1.165) is 33.5 Å². The van der Waals surface area contributed by atoms with Crippen molar-refractivity contribution < 1.29 is 23.9 Å². The van der Waals surface area contributed by atoms with E-state index in [1.807, 2.05) is 68.4 Å². The van der Waals surface area contributed by atoms with Crippen molar-refractivity contribution >= 4 is 40.6 Å². The van der Waals surface area contributed by atoms with Gasteiger partial charge in [0, 0.05) is 31.9 Å². The number of ether oxygens (including phenoxy) is 2. The molecule has 41 heavy (non-hydrogen) atoms. The molecular formula is C32H33N3O5S. The number of anilines is 1. The average molecular weight is 572 g/mol.